The Morgan fingerprint density at radius 3 is 2.81 bits per heavy atom. The number of halogens is 1. The summed E-state index contributed by atoms with van der Waals surface area (Å²) in [5.74, 6) is -1.50. The molecule has 0 fully saturated rings. The van der Waals surface area contributed by atoms with E-state index in [1.807, 2.05) is 25.1 Å². The first kappa shape index (κ1) is 17.9. The van der Waals surface area contributed by atoms with Crippen molar-refractivity contribution in [2.24, 2.45) is 7.05 Å². The van der Waals surface area contributed by atoms with Gasteiger partial charge >= 0.3 is 5.97 Å². The Labute approximate surface area is 157 Å². The second-order valence-electron chi connectivity index (χ2n) is 5.80. The maximum absolute atomic E-state index is 12.4. The number of amides is 1. The molecule has 0 bridgehead atoms. The van der Waals surface area contributed by atoms with Gasteiger partial charge in [-0.25, -0.2) is 4.79 Å². The molecule has 134 valence electrons. The Bertz CT molecular complexity index is 992. The van der Waals surface area contributed by atoms with Crippen molar-refractivity contribution >= 4 is 33.6 Å². The fourth-order valence-electron chi connectivity index (χ4n) is 2.59. The number of rotatable bonds is 5. The van der Waals surface area contributed by atoms with Gasteiger partial charge in [0.15, 0.2) is 11.5 Å². The minimum atomic E-state index is -1.22. The van der Waals surface area contributed by atoms with E-state index in [0.29, 0.717) is 16.8 Å². The van der Waals surface area contributed by atoms with Crippen molar-refractivity contribution in [3.8, 4) is 0 Å². The van der Waals surface area contributed by atoms with Crippen LogP contribution in [0.15, 0.2) is 41.1 Å². The van der Waals surface area contributed by atoms with Gasteiger partial charge in [0, 0.05) is 13.2 Å². The highest BCUT2D eigenvalue weighted by atomic mass is 79.9. The Balaban J connectivity index is 1.80. The number of hydrogen-bond acceptors (Lipinski definition) is 4. The second-order valence-corrected chi connectivity index (χ2v) is 6.66. The van der Waals surface area contributed by atoms with Crippen LogP contribution in [0.25, 0.3) is 0 Å². The molecule has 26 heavy (non-hydrogen) atoms. The molecule has 2 heterocycles. The maximum Gasteiger partial charge on any atom is 0.354 e. The zero-order valence-electron chi connectivity index (χ0n) is 14.1. The predicted molar refractivity (Wildman–Crippen MR) is 98.3 cm³/mol. The van der Waals surface area contributed by atoms with Crippen LogP contribution >= 0.6 is 15.9 Å². The van der Waals surface area contributed by atoms with Gasteiger partial charge in [0.2, 0.25) is 0 Å². The number of nitrogens with one attached hydrogen (secondary N) is 1. The van der Waals surface area contributed by atoms with Crippen LogP contribution in [0.1, 0.15) is 32.0 Å². The molecule has 0 unspecified atom stereocenters. The molecule has 0 radical (unpaired) electrons. The van der Waals surface area contributed by atoms with Gasteiger partial charge in [-0.15, -0.1) is 0 Å². The lowest BCUT2D eigenvalue weighted by atomic mass is 10.1. The van der Waals surface area contributed by atoms with Gasteiger partial charge in [-0.3, -0.25) is 14.2 Å². The van der Waals surface area contributed by atoms with Crippen LogP contribution in [0.2, 0.25) is 0 Å². The zero-order valence-corrected chi connectivity index (χ0v) is 15.7. The van der Waals surface area contributed by atoms with E-state index in [9.17, 15) is 14.7 Å². The molecular weight excluding hydrogens is 402 g/mol. The molecule has 0 spiro atoms. The molecule has 0 aliphatic rings. The molecule has 1 amide bonds. The van der Waals surface area contributed by atoms with Gasteiger partial charge in [0.05, 0.1) is 22.8 Å². The van der Waals surface area contributed by atoms with E-state index in [1.165, 1.54) is 13.2 Å². The van der Waals surface area contributed by atoms with Crippen molar-refractivity contribution < 1.29 is 14.7 Å². The summed E-state index contributed by atoms with van der Waals surface area (Å²) in [4.78, 5) is 23.7. The minimum Gasteiger partial charge on any atom is -0.477 e. The van der Waals surface area contributed by atoms with Crippen molar-refractivity contribution in [3.63, 3.8) is 0 Å². The van der Waals surface area contributed by atoms with Crippen molar-refractivity contribution in [1.82, 2.24) is 19.6 Å². The summed E-state index contributed by atoms with van der Waals surface area (Å²) < 4.78 is 3.43. The molecule has 2 N–H and O–H groups in total. The number of aryl methyl sites for hydroxylation is 2. The quantitative estimate of drug-likeness (QED) is 0.664. The summed E-state index contributed by atoms with van der Waals surface area (Å²) in [5.41, 5.74) is 2.02. The SMILES string of the molecule is Cc1cccc(Cn2cc(Br)c(NC(=O)c3cnn(C)c3C(=O)O)n2)c1. The van der Waals surface area contributed by atoms with Crippen molar-refractivity contribution in [1.29, 1.82) is 0 Å². The molecule has 0 aliphatic carbocycles. The molecule has 0 aliphatic heterocycles. The van der Waals surface area contributed by atoms with Crippen LogP contribution in [0.4, 0.5) is 5.82 Å². The summed E-state index contributed by atoms with van der Waals surface area (Å²) >= 11 is 3.36. The highest BCUT2D eigenvalue weighted by Gasteiger charge is 2.22. The average molecular weight is 418 g/mol. The van der Waals surface area contributed by atoms with Crippen molar-refractivity contribution in [2.75, 3.05) is 5.32 Å². The number of carboxylic acid groups (broad SMARTS) is 1. The molecule has 3 rings (SSSR count). The standard InChI is InChI=1S/C17H16BrN5O3/c1-10-4-3-5-11(6-10)8-23-9-13(18)15(21-23)20-16(24)12-7-19-22(2)14(12)17(25)26/h3-7,9H,8H2,1-2H3,(H,25,26)(H,20,21,24). The molecule has 0 saturated carbocycles. The third kappa shape index (κ3) is 3.67. The Hall–Kier alpha value is -2.94. The third-order valence-electron chi connectivity index (χ3n) is 3.76. The van der Waals surface area contributed by atoms with Gasteiger partial charge in [-0.1, -0.05) is 29.8 Å². The Morgan fingerprint density at radius 2 is 2.12 bits per heavy atom. The lowest BCUT2D eigenvalue weighted by molar-refractivity contribution is 0.0680. The fourth-order valence-corrected chi connectivity index (χ4v) is 3.01. The first-order valence-corrected chi connectivity index (χ1v) is 8.49. The number of carboxylic acids is 1. The van der Waals surface area contributed by atoms with E-state index >= 15 is 0 Å². The summed E-state index contributed by atoms with van der Waals surface area (Å²) in [6.07, 6.45) is 2.97. The molecule has 0 saturated heterocycles. The van der Waals surface area contributed by atoms with Gasteiger partial charge in [0.1, 0.15) is 0 Å². The first-order chi connectivity index (χ1) is 12.3. The predicted octanol–water partition coefficient (Wildman–Crippen LogP) is 2.69. The van der Waals surface area contributed by atoms with Crippen molar-refractivity contribution in [2.45, 2.75) is 13.5 Å². The average Bonchev–Trinajstić information content (AvgIpc) is 3.10. The van der Waals surface area contributed by atoms with Crippen molar-refractivity contribution in [3.05, 3.63) is 63.5 Å². The number of carbonyl (C=O) groups excluding carboxylic acids is 1. The number of anilines is 1. The van der Waals surface area contributed by atoms with E-state index in [2.05, 4.69) is 37.5 Å². The number of carbonyl (C=O) groups is 2. The third-order valence-corrected chi connectivity index (χ3v) is 4.34. The monoisotopic (exact) mass is 417 g/mol. The number of benzene rings is 1. The van der Waals surface area contributed by atoms with Crippen LogP contribution in [0.5, 0.6) is 0 Å². The van der Waals surface area contributed by atoms with Crippen LogP contribution in [-0.2, 0) is 13.6 Å². The molecule has 2 aromatic heterocycles. The Kier molecular flexibility index (Phi) is 4.90. The molecule has 9 heteroatoms. The minimum absolute atomic E-state index is 0.0277. The normalized spacial score (nSPS) is 10.7. The highest BCUT2D eigenvalue weighted by molar-refractivity contribution is 9.10. The number of aromatic carboxylic acids is 1. The van der Waals surface area contributed by atoms with Crippen LogP contribution in [0.3, 0.4) is 0 Å². The molecular formula is C17H16BrN5O3. The molecule has 1 aromatic carbocycles. The van der Waals surface area contributed by atoms with Crippen LogP contribution in [0, 0.1) is 6.92 Å². The van der Waals surface area contributed by atoms with E-state index in [4.69, 9.17) is 0 Å². The van der Waals surface area contributed by atoms with E-state index in [0.717, 1.165) is 15.8 Å². The molecule has 3 aromatic rings. The summed E-state index contributed by atoms with van der Waals surface area (Å²) in [7, 11) is 1.47. The second kappa shape index (κ2) is 7.12. The smallest absolute Gasteiger partial charge is 0.354 e. The van der Waals surface area contributed by atoms with Gasteiger partial charge in [0.25, 0.3) is 5.91 Å². The number of hydrogen-bond donors (Lipinski definition) is 2. The number of aromatic nitrogens is 4. The van der Waals surface area contributed by atoms with Crippen LogP contribution in [-0.4, -0.2) is 36.5 Å². The summed E-state index contributed by atoms with van der Waals surface area (Å²) in [6, 6.07) is 8.04. The number of nitrogens with zero attached hydrogens (tertiary/aromatic N) is 4. The van der Waals surface area contributed by atoms with Gasteiger partial charge in [-0.2, -0.15) is 10.2 Å². The molecule has 8 nitrogen and oxygen atoms in total. The maximum atomic E-state index is 12.4. The topological polar surface area (TPSA) is 102 Å². The van der Waals surface area contributed by atoms with Crippen LogP contribution < -0.4 is 5.32 Å². The summed E-state index contributed by atoms with van der Waals surface area (Å²) in [5, 5.41) is 20.0. The van der Waals surface area contributed by atoms with E-state index < -0.39 is 11.9 Å². The lowest BCUT2D eigenvalue weighted by Gasteiger charge is -2.04. The van der Waals surface area contributed by atoms with E-state index in [-0.39, 0.29) is 11.3 Å². The Morgan fingerprint density at radius 1 is 1.35 bits per heavy atom. The molecule has 0 atom stereocenters. The highest BCUT2D eigenvalue weighted by Crippen LogP contribution is 2.22. The summed E-state index contributed by atoms with van der Waals surface area (Å²) in [6.45, 7) is 2.56. The van der Waals surface area contributed by atoms with E-state index in [1.54, 1.807) is 10.9 Å². The zero-order chi connectivity index (χ0) is 18.8. The first-order valence-electron chi connectivity index (χ1n) is 7.70. The largest absolute Gasteiger partial charge is 0.477 e. The fraction of sp³-hybridized carbons (Fsp3) is 0.176. The van der Waals surface area contributed by atoms with Gasteiger partial charge in [-0.05, 0) is 28.4 Å². The van der Waals surface area contributed by atoms with Gasteiger partial charge < -0.3 is 10.4 Å². The lowest BCUT2D eigenvalue weighted by Crippen LogP contribution is -2.17.